The summed E-state index contributed by atoms with van der Waals surface area (Å²) in [5.74, 6) is 0. The second-order valence-electron chi connectivity index (χ2n) is 6.63. The van der Waals surface area contributed by atoms with E-state index in [0.29, 0.717) is 6.54 Å². The van der Waals surface area contributed by atoms with Crippen LogP contribution in [0.4, 0.5) is 5.69 Å². The minimum atomic E-state index is -3.09. The first-order valence-electron chi connectivity index (χ1n) is 9.37. The molecule has 0 atom stereocenters. The summed E-state index contributed by atoms with van der Waals surface area (Å²) in [6.45, 7) is 0.561. The molecule has 4 rings (SSSR count). The van der Waals surface area contributed by atoms with Gasteiger partial charge in [0.2, 0.25) is 7.29 Å². The molecule has 0 saturated heterocycles. The highest BCUT2D eigenvalue weighted by atomic mass is 31.2. The van der Waals surface area contributed by atoms with Gasteiger partial charge in [0.25, 0.3) is 0 Å². The van der Waals surface area contributed by atoms with Gasteiger partial charge < -0.3 is 4.67 Å². The van der Waals surface area contributed by atoms with E-state index in [9.17, 15) is 4.57 Å². The zero-order valence-corrected chi connectivity index (χ0v) is 16.5. The summed E-state index contributed by atoms with van der Waals surface area (Å²) < 4.78 is 16.9. The Morgan fingerprint density at radius 1 is 0.536 bits per heavy atom. The summed E-state index contributed by atoms with van der Waals surface area (Å²) >= 11 is 0. The van der Waals surface area contributed by atoms with Crippen molar-refractivity contribution in [1.82, 2.24) is 0 Å². The summed E-state index contributed by atoms with van der Waals surface area (Å²) in [6, 6.07) is 39.9. The molecule has 0 N–H and O–H groups in total. The van der Waals surface area contributed by atoms with Gasteiger partial charge in [0.1, 0.15) is 0 Å². The Balaban J connectivity index is 1.93. The van der Waals surface area contributed by atoms with Crippen LogP contribution in [0.15, 0.2) is 121 Å². The van der Waals surface area contributed by atoms with Gasteiger partial charge in [0.15, 0.2) is 0 Å². The fraction of sp³-hybridized carbons (Fsp3) is 0.0400. The SMILES string of the molecule is O=P(c1ccccc1)(c1ccccc1)N(Cc1ccccc1)c1ccccc1. The highest BCUT2D eigenvalue weighted by Crippen LogP contribution is 2.50. The van der Waals surface area contributed by atoms with Gasteiger partial charge >= 0.3 is 0 Å². The van der Waals surface area contributed by atoms with Crippen molar-refractivity contribution < 1.29 is 4.57 Å². The molecule has 0 fully saturated rings. The molecule has 4 aromatic carbocycles. The summed E-state index contributed by atoms with van der Waals surface area (Å²) in [5.41, 5.74) is 2.07. The van der Waals surface area contributed by atoms with Crippen LogP contribution in [0.2, 0.25) is 0 Å². The Morgan fingerprint density at radius 3 is 1.39 bits per heavy atom. The molecule has 2 nitrogen and oxygen atoms in total. The van der Waals surface area contributed by atoms with E-state index in [2.05, 4.69) is 16.8 Å². The van der Waals surface area contributed by atoms with Crippen molar-refractivity contribution in [1.29, 1.82) is 0 Å². The number of hydrogen-bond donors (Lipinski definition) is 0. The maximum Gasteiger partial charge on any atom is 0.229 e. The Labute approximate surface area is 166 Å². The molecule has 4 aromatic rings. The topological polar surface area (TPSA) is 20.3 Å². The molecule has 0 aliphatic rings. The van der Waals surface area contributed by atoms with Crippen LogP contribution in [0.3, 0.4) is 0 Å². The number of anilines is 1. The third-order valence-electron chi connectivity index (χ3n) is 4.78. The van der Waals surface area contributed by atoms with Crippen LogP contribution in [0.1, 0.15) is 5.56 Å². The lowest BCUT2D eigenvalue weighted by atomic mass is 10.2. The van der Waals surface area contributed by atoms with Gasteiger partial charge in [0.05, 0.1) is 0 Å². The predicted octanol–water partition coefficient (Wildman–Crippen LogP) is 5.62. The number of rotatable bonds is 6. The van der Waals surface area contributed by atoms with Gasteiger partial charge in [-0.15, -0.1) is 0 Å². The molecule has 0 spiro atoms. The van der Waals surface area contributed by atoms with E-state index in [-0.39, 0.29) is 0 Å². The lowest BCUT2D eigenvalue weighted by Crippen LogP contribution is -2.32. The maximum absolute atomic E-state index is 14.8. The summed E-state index contributed by atoms with van der Waals surface area (Å²) in [7, 11) is -3.09. The van der Waals surface area contributed by atoms with Gasteiger partial charge in [-0.05, 0) is 42.0 Å². The number of benzene rings is 4. The largest absolute Gasteiger partial charge is 0.311 e. The van der Waals surface area contributed by atoms with Gasteiger partial charge in [-0.2, -0.15) is 0 Å². The van der Waals surface area contributed by atoms with Crippen molar-refractivity contribution >= 4 is 23.6 Å². The average Bonchev–Trinajstić information content (AvgIpc) is 2.79. The summed E-state index contributed by atoms with van der Waals surface area (Å²) in [6.07, 6.45) is 0. The molecule has 0 saturated carbocycles. The van der Waals surface area contributed by atoms with Crippen LogP contribution in [-0.2, 0) is 11.1 Å². The van der Waals surface area contributed by atoms with Gasteiger partial charge in [-0.1, -0.05) is 84.9 Å². The van der Waals surface area contributed by atoms with Gasteiger partial charge in [-0.25, -0.2) is 0 Å². The van der Waals surface area contributed by atoms with E-state index >= 15 is 0 Å². The molecule has 0 aliphatic carbocycles. The molecule has 0 aliphatic heterocycles. The molecule has 3 heteroatoms. The van der Waals surface area contributed by atoms with Crippen molar-refractivity contribution in [2.75, 3.05) is 4.67 Å². The van der Waals surface area contributed by atoms with E-state index < -0.39 is 7.29 Å². The fourth-order valence-corrected chi connectivity index (χ4v) is 6.23. The quantitative estimate of drug-likeness (QED) is 0.403. The van der Waals surface area contributed by atoms with Crippen molar-refractivity contribution in [3.05, 3.63) is 127 Å². The van der Waals surface area contributed by atoms with Gasteiger partial charge in [0, 0.05) is 22.8 Å². The van der Waals surface area contributed by atoms with Crippen LogP contribution in [0.5, 0.6) is 0 Å². The third-order valence-corrected chi connectivity index (χ3v) is 7.83. The van der Waals surface area contributed by atoms with E-state index in [1.165, 1.54) is 0 Å². The highest BCUT2D eigenvalue weighted by Gasteiger charge is 2.35. The van der Waals surface area contributed by atoms with Crippen LogP contribution in [0, 0.1) is 0 Å². The Hall–Kier alpha value is -3.09. The molecule has 0 unspecified atom stereocenters. The average molecular weight is 383 g/mol. The Morgan fingerprint density at radius 2 is 0.929 bits per heavy atom. The zero-order chi connectivity index (χ0) is 19.2. The van der Waals surface area contributed by atoms with Crippen LogP contribution < -0.4 is 15.3 Å². The Kier molecular flexibility index (Phi) is 5.41. The zero-order valence-electron chi connectivity index (χ0n) is 15.6. The monoisotopic (exact) mass is 383 g/mol. The first-order valence-corrected chi connectivity index (χ1v) is 11.0. The second-order valence-corrected chi connectivity index (χ2v) is 9.29. The van der Waals surface area contributed by atoms with E-state index in [0.717, 1.165) is 21.9 Å². The molecule has 138 valence electrons. The van der Waals surface area contributed by atoms with Gasteiger partial charge in [-0.3, -0.25) is 4.57 Å². The van der Waals surface area contributed by atoms with Crippen molar-refractivity contribution in [3.8, 4) is 0 Å². The van der Waals surface area contributed by atoms with Crippen LogP contribution in [-0.4, -0.2) is 0 Å². The van der Waals surface area contributed by atoms with Crippen molar-refractivity contribution in [2.24, 2.45) is 0 Å². The minimum Gasteiger partial charge on any atom is -0.311 e. The normalized spacial score (nSPS) is 11.1. The van der Waals surface area contributed by atoms with Crippen LogP contribution in [0.25, 0.3) is 0 Å². The van der Waals surface area contributed by atoms with E-state index in [1.807, 2.05) is 109 Å². The molecular weight excluding hydrogens is 361 g/mol. The number of hydrogen-bond acceptors (Lipinski definition) is 1. The highest BCUT2D eigenvalue weighted by molar-refractivity contribution is 7.80. The molecule has 28 heavy (non-hydrogen) atoms. The van der Waals surface area contributed by atoms with E-state index in [1.54, 1.807) is 0 Å². The molecule has 0 radical (unpaired) electrons. The van der Waals surface area contributed by atoms with E-state index in [4.69, 9.17) is 0 Å². The van der Waals surface area contributed by atoms with Crippen molar-refractivity contribution in [2.45, 2.75) is 6.54 Å². The first kappa shape index (κ1) is 18.3. The molecule has 0 bridgehead atoms. The maximum atomic E-state index is 14.8. The molecule has 0 amide bonds. The number of nitrogens with zero attached hydrogens (tertiary/aromatic N) is 1. The number of para-hydroxylation sites is 1. The van der Waals surface area contributed by atoms with Crippen molar-refractivity contribution in [3.63, 3.8) is 0 Å². The molecule has 0 heterocycles. The standard InChI is InChI=1S/C25H22NOP/c27-28(24-17-9-3-10-18-24,25-19-11-4-12-20-25)26(23-15-7-2-8-16-23)21-22-13-5-1-6-14-22/h1-20H,21H2. The second kappa shape index (κ2) is 8.29. The third kappa shape index (κ3) is 3.65. The minimum absolute atomic E-state index is 0.561. The van der Waals surface area contributed by atoms with Crippen LogP contribution >= 0.6 is 7.29 Å². The predicted molar refractivity (Wildman–Crippen MR) is 119 cm³/mol. The summed E-state index contributed by atoms with van der Waals surface area (Å²) in [5, 5.41) is 1.67. The molecule has 0 aromatic heterocycles. The smallest absolute Gasteiger partial charge is 0.229 e. The fourth-order valence-electron chi connectivity index (χ4n) is 3.40. The summed E-state index contributed by atoms with van der Waals surface area (Å²) in [4.78, 5) is 0. The molecular formula is C25H22NOP. The Bertz CT molecular complexity index is 1010. The lowest BCUT2D eigenvalue weighted by Gasteiger charge is -2.34. The first-order chi connectivity index (χ1) is 13.8. The lowest BCUT2D eigenvalue weighted by molar-refractivity contribution is 0.583.